The Labute approximate surface area is 121 Å². The molecule has 1 aliphatic heterocycles. The molecule has 6 nitrogen and oxygen atoms in total. The van der Waals surface area contributed by atoms with Gasteiger partial charge >= 0.3 is 10.2 Å². The second-order valence-corrected chi connectivity index (χ2v) is 7.27. The normalized spacial score (nSPS) is 16.6. The summed E-state index contributed by atoms with van der Waals surface area (Å²) in [5, 5.41) is 0.389. The van der Waals surface area contributed by atoms with Crippen molar-refractivity contribution in [1.82, 2.24) is 9.29 Å². The molecular formula is C12H15N3O3S2. The van der Waals surface area contributed by atoms with Crippen LogP contribution in [0.1, 0.15) is 12.8 Å². The van der Waals surface area contributed by atoms with Crippen LogP contribution in [-0.2, 0) is 10.2 Å². The topological polar surface area (TPSA) is 71.5 Å². The minimum absolute atomic E-state index is 0.389. The van der Waals surface area contributed by atoms with Crippen molar-refractivity contribution in [2.24, 2.45) is 0 Å². The van der Waals surface area contributed by atoms with E-state index in [1.807, 2.05) is 12.1 Å². The van der Waals surface area contributed by atoms with Gasteiger partial charge in [-0.15, -0.1) is 0 Å². The van der Waals surface area contributed by atoms with Gasteiger partial charge in [0.1, 0.15) is 5.75 Å². The number of ether oxygens (including phenoxy) is 1. The van der Waals surface area contributed by atoms with Gasteiger partial charge in [0.15, 0.2) is 5.13 Å². The second kappa shape index (κ2) is 5.19. The van der Waals surface area contributed by atoms with E-state index < -0.39 is 10.2 Å². The Bertz CT molecular complexity index is 721. The number of hydrogen-bond acceptors (Lipinski definition) is 5. The van der Waals surface area contributed by atoms with Crippen molar-refractivity contribution in [2.45, 2.75) is 12.8 Å². The molecule has 0 bridgehead atoms. The van der Waals surface area contributed by atoms with Gasteiger partial charge in [-0.05, 0) is 31.0 Å². The van der Waals surface area contributed by atoms with Crippen molar-refractivity contribution in [3.8, 4) is 5.75 Å². The zero-order valence-corrected chi connectivity index (χ0v) is 12.6. The molecule has 0 amide bonds. The number of thiazole rings is 1. The van der Waals surface area contributed by atoms with E-state index in [1.54, 1.807) is 13.2 Å². The van der Waals surface area contributed by atoms with Gasteiger partial charge in [-0.1, -0.05) is 11.3 Å². The molecule has 0 unspecified atom stereocenters. The third-order valence-corrected chi connectivity index (χ3v) is 5.78. The van der Waals surface area contributed by atoms with Crippen molar-refractivity contribution >= 4 is 36.9 Å². The predicted molar refractivity (Wildman–Crippen MR) is 79.5 cm³/mol. The van der Waals surface area contributed by atoms with E-state index in [0.717, 1.165) is 28.8 Å². The maximum absolute atomic E-state index is 12.2. The predicted octanol–water partition coefficient (Wildman–Crippen LogP) is 2.06. The number of hydrogen-bond donors (Lipinski definition) is 1. The summed E-state index contributed by atoms with van der Waals surface area (Å²) in [5.41, 5.74) is 0.759. The molecule has 1 aromatic heterocycles. The Balaban J connectivity index is 1.87. The monoisotopic (exact) mass is 313 g/mol. The number of rotatable bonds is 4. The summed E-state index contributed by atoms with van der Waals surface area (Å²) in [6, 6.07) is 5.47. The Morgan fingerprint density at radius 3 is 2.80 bits per heavy atom. The number of anilines is 1. The SMILES string of the molecule is COc1ccc2nc(NS(=O)(=O)N3CCCC3)sc2c1. The molecule has 20 heavy (non-hydrogen) atoms. The van der Waals surface area contributed by atoms with Gasteiger partial charge in [-0.25, -0.2) is 9.71 Å². The lowest BCUT2D eigenvalue weighted by Crippen LogP contribution is -2.33. The lowest BCUT2D eigenvalue weighted by atomic mass is 10.3. The quantitative estimate of drug-likeness (QED) is 0.938. The minimum Gasteiger partial charge on any atom is -0.497 e. The van der Waals surface area contributed by atoms with Crippen molar-refractivity contribution in [3.05, 3.63) is 18.2 Å². The van der Waals surface area contributed by atoms with Gasteiger partial charge in [0.05, 0.1) is 17.3 Å². The van der Waals surface area contributed by atoms with Crippen LogP contribution in [0.3, 0.4) is 0 Å². The minimum atomic E-state index is -3.48. The van der Waals surface area contributed by atoms with E-state index >= 15 is 0 Å². The van der Waals surface area contributed by atoms with Gasteiger partial charge in [0, 0.05) is 13.1 Å². The highest BCUT2D eigenvalue weighted by atomic mass is 32.2. The van der Waals surface area contributed by atoms with Crippen LogP contribution < -0.4 is 9.46 Å². The van der Waals surface area contributed by atoms with Gasteiger partial charge < -0.3 is 4.74 Å². The molecule has 1 fully saturated rings. The molecule has 1 aromatic carbocycles. The Morgan fingerprint density at radius 2 is 2.10 bits per heavy atom. The molecule has 0 radical (unpaired) electrons. The first-order valence-electron chi connectivity index (χ1n) is 6.31. The molecule has 1 N–H and O–H groups in total. The average molecular weight is 313 g/mol. The number of fused-ring (bicyclic) bond motifs is 1. The first kappa shape index (κ1) is 13.6. The van der Waals surface area contributed by atoms with Crippen LogP contribution in [0, 0.1) is 0 Å². The summed E-state index contributed by atoms with van der Waals surface area (Å²) in [6.45, 7) is 1.15. The summed E-state index contributed by atoms with van der Waals surface area (Å²) in [6.07, 6.45) is 1.83. The first-order chi connectivity index (χ1) is 9.58. The molecule has 2 heterocycles. The first-order valence-corrected chi connectivity index (χ1v) is 8.56. The lowest BCUT2D eigenvalue weighted by molar-refractivity contribution is 0.415. The maximum atomic E-state index is 12.2. The third kappa shape index (κ3) is 2.58. The van der Waals surface area contributed by atoms with E-state index in [1.165, 1.54) is 15.6 Å². The van der Waals surface area contributed by atoms with Crippen LogP contribution in [-0.4, -0.2) is 37.9 Å². The van der Waals surface area contributed by atoms with Crippen LogP contribution in [0.15, 0.2) is 18.2 Å². The Morgan fingerprint density at radius 1 is 1.35 bits per heavy atom. The van der Waals surface area contributed by atoms with E-state index in [4.69, 9.17) is 4.74 Å². The number of nitrogens with one attached hydrogen (secondary N) is 1. The maximum Gasteiger partial charge on any atom is 0.303 e. The zero-order chi connectivity index (χ0) is 14.2. The van der Waals surface area contributed by atoms with Crippen molar-refractivity contribution in [2.75, 3.05) is 24.9 Å². The number of aromatic nitrogens is 1. The summed E-state index contributed by atoms with van der Waals surface area (Å²) in [7, 11) is -1.88. The van der Waals surface area contributed by atoms with Gasteiger partial charge in [0.2, 0.25) is 0 Å². The van der Waals surface area contributed by atoms with Gasteiger partial charge in [-0.3, -0.25) is 0 Å². The van der Waals surface area contributed by atoms with E-state index in [-0.39, 0.29) is 0 Å². The fourth-order valence-corrected chi connectivity index (χ4v) is 4.54. The largest absolute Gasteiger partial charge is 0.497 e. The molecule has 108 valence electrons. The highest BCUT2D eigenvalue weighted by Crippen LogP contribution is 2.30. The van der Waals surface area contributed by atoms with Crippen LogP contribution in [0.25, 0.3) is 10.2 Å². The summed E-state index contributed by atoms with van der Waals surface area (Å²) in [4.78, 5) is 4.29. The average Bonchev–Trinajstić information content (AvgIpc) is 3.06. The molecule has 0 spiro atoms. The second-order valence-electron chi connectivity index (χ2n) is 4.57. The van der Waals surface area contributed by atoms with Crippen LogP contribution in [0.4, 0.5) is 5.13 Å². The Kier molecular flexibility index (Phi) is 3.53. The van der Waals surface area contributed by atoms with E-state index in [2.05, 4.69) is 9.71 Å². The van der Waals surface area contributed by atoms with Gasteiger partial charge in [-0.2, -0.15) is 12.7 Å². The van der Waals surface area contributed by atoms with E-state index in [9.17, 15) is 8.42 Å². The molecule has 0 atom stereocenters. The molecule has 8 heteroatoms. The molecule has 0 saturated carbocycles. The highest BCUT2D eigenvalue weighted by Gasteiger charge is 2.26. The van der Waals surface area contributed by atoms with Crippen LogP contribution in [0.2, 0.25) is 0 Å². The number of benzene rings is 1. The van der Waals surface area contributed by atoms with E-state index in [0.29, 0.717) is 18.2 Å². The zero-order valence-electron chi connectivity index (χ0n) is 11.0. The summed E-state index contributed by atoms with van der Waals surface area (Å²) >= 11 is 1.30. The van der Waals surface area contributed by atoms with Crippen LogP contribution in [0.5, 0.6) is 5.75 Å². The third-order valence-electron chi connectivity index (χ3n) is 3.22. The van der Waals surface area contributed by atoms with Gasteiger partial charge in [0.25, 0.3) is 0 Å². The van der Waals surface area contributed by atoms with Crippen LogP contribution >= 0.6 is 11.3 Å². The standard InChI is InChI=1S/C12H15N3O3S2/c1-18-9-4-5-10-11(8-9)19-12(13-10)14-20(16,17)15-6-2-3-7-15/h4-5,8H,2-3,6-7H2,1H3,(H,13,14). The molecule has 0 aliphatic carbocycles. The van der Waals surface area contributed by atoms with Crippen molar-refractivity contribution in [1.29, 1.82) is 0 Å². The fraction of sp³-hybridized carbons (Fsp3) is 0.417. The number of nitrogens with zero attached hydrogens (tertiary/aromatic N) is 2. The molecular weight excluding hydrogens is 298 g/mol. The molecule has 1 aliphatic rings. The lowest BCUT2D eigenvalue weighted by Gasteiger charge is -2.14. The summed E-state index contributed by atoms with van der Waals surface area (Å²) < 4.78 is 34.4. The summed E-state index contributed by atoms with van der Waals surface area (Å²) in [5.74, 6) is 0.732. The fourth-order valence-electron chi connectivity index (χ4n) is 2.18. The molecule has 1 saturated heterocycles. The van der Waals surface area contributed by atoms with Crippen molar-refractivity contribution in [3.63, 3.8) is 0 Å². The smallest absolute Gasteiger partial charge is 0.303 e. The van der Waals surface area contributed by atoms with Crippen molar-refractivity contribution < 1.29 is 13.2 Å². The highest BCUT2D eigenvalue weighted by molar-refractivity contribution is 7.90. The number of methoxy groups -OCH3 is 1. The molecule has 2 aromatic rings. The Hall–Kier alpha value is -1.38. The molecule has 3 rings (SSSR count).